The Bertz CT molecular complexity index is 868. The number of carbonyl (C=O) groups is 2. The van der Waals surface area contributed by atoms with Crippen LogP contribution in [0.25, 0.3) is 0 Å². The number of ether oxygens (including phenoxy) is 3. The largest absolute Gasteiger partial charge is 0.490 e. The molecule has 0 aliphatic rings. The van der Waals surface area contributed by atoms with Crippen molar-refractivity contribution in [3.8, 4) is 11.5 Å². The topological polar surface area (TPSA) is 85.9 Å². The summed E-state index contributed by atoms with van der Waals surface area (Å²) in [6, 6.07) is 8.33. The van der Waals surface area contributed by atoms with Gasteiger partial charge in [-0.25, -0.2) is 0 Å². The summed E-state index contributed by atoms with van der Waals surface area (Å²) >= 11 is 9.46. The Kier molecular flexibility index (Phi) is 8.75. The van der Waals surface area contributed by atoms with E-state index in [4.69, 9.17) is 25.8 Å². The Hall–Kier alpha value is -2.29. The molecule has 0 unspecified atom stereocenters. The molecule has 2 aromatic carbocycles. The first-order valence-electron chi connectivity index (χ1n) is 8.72. The molecule has 0 aliphatic carbocycles. The minimum Gasteiger partial charge on any atom is -0.490 e. The SMILES string of the molecule is COCCOc1ccc(C(=O)NNC(=O)COc2cc(C)c(Cl)c(C)c2)cc1Br. The van der Waals surface area contributed by atoms with Crippen LogP contribution in [0.2, 0.25) is 5.02 Å². The Morgan fingerprint density at radius 3 is 2.34 bits per heavy atom. The summed E-state index contributed by atoms with van der Waals surface area (Å²) in [7, 11) is 1.59. The van der Waals surface area contributed by atoms with Crippen molar-refractivity contribution >= 4 is 39.3 Å². The summed E-state index contributed by atoms with van der Waals surface area (Å²) in [6.45, 7) is 4.31. The van der Waals surface area contributed by atoms with E-state index in [1.165, 1.54) is 0 Å². The molecule has 2 N–H and O–H groups in total. The predicted molar refractivity (Wildman–Crippen MR) is 114 cm³/mol. The lowest BCUT2D eigenvalue weighted by atomic mass is 10.1. The van der Waals surface area contributed by atoms with Gasteiger partial charge in [-0.1, -0.05) is 11.6 Å². The molecule has 0 aliphatic heterocycles. The minimum absolute atomic E-state index is 0.253. The van der Waals surface area contributed by atoms with Crippen LogP contribution < -0.4 is 20.3 Å². The molecule has 0 spiro atoms. The van der Waals surface area contributed by atoms with Crippen molar-refractivity contribution in [3.63, 3.8) is 0 Å². The highest BCUT2D eigenvalue weighted by Gasteiger charge is 2.11. The number of rotatable bonds is 8. The van der Waals surface area contributed by atoms with E-state index in [1.807, 2.05) is 13.8 Å². The van der Waals surface area contributed by atoms with Crippen molar-refractivity contribution in [2.45, 2.75) is 13.8 Å². The number of amides is 2. The zero-order valence-electron chi connectivity index (χ0n) is 16.3. The zero-order chi connectivity index (χ0) is 21.4. The quantitative estimate of drug-likeness (QED) is 0.441. The van der Waals surface area contributed by atoms with E-state index in [9.17, 15) is 9.59 Å². The van der Waals surface area contributed by atoms with Gasteiger partial charge in [-0.05, 0) is 71.2 Å². The highest BCUT2D eigenvalue weighted by Crippen LogP contribution is 2.26. The van der Waals surface area contributed by atoms with Gasteiger partial charge in [0.15, 0.2) is 6.61 Å². The molecule has 156 valence electrons. The third-order valence-corrected chi connectivity index (χ3v) is 5.05. The monoisotopic (exact) mass is 484 g/mol. The van der Waals surface area contributed by atoms with Crippen LogP contribution in [0.3, 0.4) is 0 Å². The van der Waals surface area contributed by atoms with Gasteiger partial charge in [-0.15, -0.1) is 0 Å². The van der Waals surface area contributed by atoms with Gasteiger partial charge in [-0.3, -0.25) is 20.4 Å². The molecule has 0 bridgehead atoms. The molecule has 0 radical (unpaired) electrons. The molecule has 29 heavy (non-hydrogen) atoms. The zero-order valence-corrected chi connectivity index (χ0v) is 18.6. The molecule has 0 saturated heterocycles. The van der Waals surface area contributed by atoms with Crippen LogP contribution in [0.1, 0.15) is 21.5 Å². The van der Waals surface area contributed by atoms with Gasteiger partial charge in [0.2, 0.25) is 0 Å². The smallest absolute Gasteiger partial charge is 0.276 e. The normalized spacial score (nSPS) is 10.4. The summed E-state index contributed by atoms with van der Waals surface area (Å²) in [5.74, 6) is 0.145. The maximum Gasteiger partial charge on any atom is 0.276 e. The molecule has 2 rings (SSSR count). The molecule has 0 saturated carbocycles. The van der Waals surface area contributed by atoms with Gasteiger partial charge < -0.3 is 14.2 Å². The number of halogens is 2. The number of hydrogen-bond donors (Lipinski definition) is 2. The third kappa shape index (κ3) is 6.92. The maximum absolute atomic E-state index is 12.2. The molecule has 0 atom stereocenters. The lowest BCUT2D eigenvalue weighted by molar-refractivity contribution is -0.123. The molecule has 0 heterocycles. The Morgan fingerprint density at radius 2 is 1.72 bits per heavy atom. The van der Waals surface area contributed by atoms with E-state index in [1.54, 1.807) is 37.4 Å². The van der Waals surface area contributed by atoms with Gasteiger partial charge in [0.05, 0.1) is 11.1 Å². The van der Waals surface area contributed by atoms with Crippen LogP contribution in [0.5, 0.6) is 11.5 Å². The molecular formula is C20H22BrClN2O5. The van der Waals surface area contributed by atoms with Gasteiger partial charge >= 0.3 is 0 Å². The van der Waals surface area contributed by atoms with Crippen molar-refractivity contribution in [1.29, 1.82) is 0 Å². The van der Waals surface area contributed by atoms with Crippen LogP contribution in [-0.2, 0) is 9.53 Å². The standard InChI is InChI=1S/C20H22BrClN2O5/c1-12-8-15(9-13(2)19(12)22)29-11-18(25)23-24-20(26)14-4-5-17(16(21)10-14)28-7-6-27-3/h4-5,8-10H,6-7,11H2,1-3H3,(H,23,25)(H,24,26). The van der Waals surface area contributed by atoms with Crippen LogP contribution in [0.15, 0.2) is 34.8 Å². The van der Waals surface area contributed by atoms with Crippen molar-refractivity contribution in [3.05, 3.63) is 56.5 Å². The molecule has 2 amide bonds. The van der Waals surface area contributed by atoms with E-state index in [0.29, 0.717) is 39.8 Å². The highest BCUT2D eigenvalue weighted by atomic mass is 79.9. The molecule has 2 aromatic rings. The van der Waals surface area contributed by atoms with Crippen molar-refractivity contribution in [1.82, 2.24) is 10.9 Å². The number of methoxy groups -OCH3 is 1. The number of hydrogen-bond acceptors (Lipinski definition) is 5. The molecule has 7 nitrogen and oxygen atoms in total. The first-order valence-corrected chi connectivity index (χ1v) is 9.89. The van der Waals surface area contributed by atoms with Crippen LogP contribution in [0, 0.1) is 13.8 Å². The van der Waals surface area contributed by atoms with Gasteiger partial charge in [0.25, 0.3) is 11.8 Å². The van der Waals surface area contributed by atoms with E-state index >= 15 is 0 Å². The molecular weight excluding hydrogens is 464 g/mol. The first-order chi connectivity index (χ1) is 13.8. The van der Waals surface area contributed by atoms with Crippen molar-refractivity contribution in [2.75, 3.05) is 26.9 Å². The fraction of sp³-hybridized carbons (Fsp3) is 0.300. The average Bonchev–Trinajstić information content (AvgIpc) is 2.69. The predicted octanol–water partition coefficient (Wildman–Crippen LogP) is 3.58. The fourth-order valence-corrected chi connectivity index (χ4v) is 2.97. The summed E-state index contributed by atoms with van der Waals surface area (Å²) in [4.78, 5) is 24.1. The van der Waals surface area contributed by atoms with E-state index in [-0.39, 0.29) is 6.61 Å². The van der Waals surface area contributed by atoms with Crippen LogP contribution in [-0.4, -0.2) is 38.7 Å². The lowest BCUT2D eigenvalue weighted by Gasteiger charge is -2.12. The highest BCUT2D eigenvalue weighted by molar-refractivity contribution is 9.10. The maximum atomic E-state index is 12.2. The number of aryl methyl sites for hydroxylation is 2. The second kappa shape index (κ2) is 11.0. The molecule has 0 aromatic heterocycles. The third-order valence-electron chi connectivity index (χ3n) is 3.83. The number of nitrogens with one attached hydrogen (secondary N) is 2. The number of benzene rings is 2. The fourth-order valence-electron chi connectivity index (χ4n) is 2.37. The first kappa shape index (κ1) is 23.0. The summed E-state index contributed by atoms with van der Waals surface area (Å²) in [6.07, 6.45) is 0. The number of carbonyl (C=O) groups excluding carboxylic acids is 2. The van der Waals surface area contributed by atoms with E-state index in [2.05, 4.69) is 26.8 Å². The van der Waals surface area contributed by atoms with Crippen LogP contribution >= 0.6 is 27.5 Å². The van der Waals surface area contributed by atoms with E-state index in [0.717, 1.165) is 11.1 Å². The van der Waals surface area contributed by atoms with Crippen molar-refractivity contribution in [2.24, 2.45) is 0 Å². The average molecular weight is 486 g/mol. The summed E-state index contributed by atoms with van der Waals surface area (Å²) in [5, 5.41) is 0.662. The number of hydrazine groups is 1. The van der Waals surface area contributed by atoms with Gasteiger partial charge in [0.1, 0.15) is 18.1 Å². The van der Waals surface area contributed by atoms with Crippen molar-refractivity contribution < 1.29 is 23.8 Å². The van der Waals surface area contributed by atoms with Gasteiger partial charge in [-0.2, -0.15) is 0 Å². The lowest BCUT2D eigenvalue weighted by Crippen LogP contribution is -2.43. The van der Waals surface area contributed by atoms with Crippen LogP contribution in [0.4, 0.5) is 0 Å². The van der Waals surface area contributed by atoms with Gasteiger partial charge in [0, 0.05) is 17.7 Å². The van der Waals surface area contributed by atoms with E-state index < -0.39 is 11.8 Å². The molecule has 0 fully saturated rings. The Morgan fingerprint density at radius 1 is 1.03 bits per heavy atom. The Balaban J connectivity index is 1.84. The summed E-state index contributed by atoms with van der Waals surface area (Å²) < 4.78 is 16.5. The Labute approximate surface area is 182 Å². The second-order valence-electron chi connectivity index (χ2n) is 6.15. The second-order valence-corrected chi connectivity index (χ2v) is 7.38. The molecule has 9 heteroatoms. The minimum atomic E-state index is -0.498. The summed E-state index contributed by atoms with van der Waals surface area (Å²) in [5.41, 5.74) is 6.72.